The zero-order chi connectivity index (χ0) is 17.2. The van der Waals surface area contributed by atoms with Crippen LogP contribution >= 0.6 is 0 Å². The summed E-state index contributed by atoms with van der Waals surface area (Å²) in [4.78, 5) is 19.1. The molecule has 2 rings (SSSR count). The van der Waals surface area contributed by atoms with Crippen molar-refractivity contribution in [3.63, 3.8) is 0 Å². The number of rotatable bonds is 10. The number of carbonyl (C=O) groups excluding carboxylic acids is 1. The minimum Gasteiger partial charge on any atom is -0.444 e. The summed E-state index contributed by atoms with van der Waals surface area (Å²) < 4.78 is 5.51. The van der Waals surface area contributed by atoms with Gasteiger partial charge in [-0.25, -0.2) is 4.98 Å². The summed E-state index contributed by atoms with van der Waals surface area (Å²) in [6.07, 6.45) is 8.16. The molecule has 4 nitrogen and oxygen atoms in total. The average molecular weight is 328 g/mol. The first kappa shape index (κ1) is 18.2. The average Bonchev–Trinajstić information content (AvgIpc) is 3.11. The Morgan fingerprint density at radius 1 is 1.00 bits per heavy atom. The maximum Gasteiger partial charge on any atom is 0.275 e. The fraction of sp³-hybridized carbons (Fsp3) is 0.500. The van der Waals surface area contributed by atoms with Crippen LogP contribution in [0.5, 0.6) is 0 Å². The highest BCUT2D eigenvalue weighted by molar-refractivity contribution is 5.92. The molecule has 0 fully saturated rings. The fourth-order valence-electron chi connectivity index (χ4n) is 2.67. The minimum atomic E-state index is -0.0202. The predicted octanol–water partition coefficient (Wildman–Crippen LogP) is 5.16. The molecule has 0 atom stereocenters. The van der Waals surface area contributed by atoms with Gasteiger partial charge in [0.2, 0.25) is 5.89 Å². The first-order valence-electron chi connectivity index (χ1n) is 9.06. The molecule has 0 aliphatic rings. The van der Waals surface area contributed by atoms with E-state index in [1.54, 1.807) is 0 Å². The second-order valence-corrected chi connectivity index (χ2v) is 6.11. The Kier molecular flexibility index (Phi) is 7.53. The van der Waals surface area contributed by atoms with E-state index in [0.29, 0.717) is 11.6 Å². The number of amides is 1. The van der Waals surface area contributed by atoms with Crippen LogP contribution < -0.4 is 0 Å². The summed E-state index contributed by atoms with van der Waals surface area (Å²) in [6, 6.07) is 9.67. The van der Waals surface area contributed by atoms with E-state index >= 15 is 0 Å². The molecule has 1 amide bonds. The van der Waals surface area contributed by atoms with Gasteiger partial charge in [0.15, 0.2) is 5.69 Å². The maximum absolute atomic E-state index is 12.8. The predicted molar refractivity (Wildman–Crippen MR) is 96.9 cm³/mol. The molecule has 1 aromatic heterocycles. The number of hydrogen-bond acceptors (Lipinski definition) is 3. The van der Waals surface area contributed by atoms with Gasteiger partial charge in [0.25, 0.3) is 5.91 Å². The van der Waals surface area contributed by atoms with Crippen LogP contribution in [0, 0.1) is 0 Å². The molecule has 0 saturated heterocycles. The number of carbonyl (C=O) groups is 1. The van der Waals surface area contributed by atoms with Crippen molar-refractivity contribution >= 4 is 5.91 Å². The summed E-state index contributed by atoms with van der Waals surface area (Å²) >= 11 is 0. The maximum atomic E-state index is 12.8. The monoisotopic (exact) mass is 328 g/mol. The van der Waals surface area contributed by atoms with Gasteiger partial charge >= 0.3 is 0 Å². The summed E-state index contributed by atoms with van der Waals surface area (Å²) in [5, 5.41) is 0. The highest BCUT2D eigenvalue weighted by Crippen LogP contribution is 2.19. The van der Waals surface area contributed by atoms with Crippen molar-refractivity contribution in [2.24, 2.45) is 0 Å². The van der Waals surface area contributed by atoms with Crippen LogP contribution in [0.25, 0.3) is 11.5 Å². The third kappa shape index (κ3) is 5.22. The van der Waals surface area contributed by atoms with Gasteiger partial charge < -0.3 is 9.32 Å². The van der Waals surface area contributed by atoms with Crippen LogP contribution in [0.4, 0.5) is 0 Å². The third-order valence-electron chi connectivity index (χ3n) is 4.09. The Balaban J connectivity index is 2.05. The fourth-order valence-corrected chi connectivity index (χ4v) is 2.67. The number of nitrogens with zero attached hydrogens (tertiary/aromatic N) is 2. The van der Waals surface area contributed by atoms with E-state index in [0.717, 1.165) is 57.2 Å². The van der Waals surface area contributed by atoms with E-state index in [2.05, 4.69) is 18.8 Å². The molecule has 1 aromatic carbocycles. The minimum absolute atomic E-state index is 0.0202. The lowest BCUT2D eigenvalue weighted by Crippen LogP contribution is -2.33. The highest BCUT2D eigenvalue weighted by atomic mass is 16.3. The van der Waals surface area contributed by atoms with Crippen molar-refractivity contribution < 1.29 is 9.21 Å². The second-order valence-electron chi connectivity index (χ2n) is 6.11. The van der Waals surface area contributed by atoms with Crippen LogP contribution in [0.2, 0.25) is 0 Å². The van der Waals surface area contributed by atoms with Crippen molar-refractivity contribution in [2.75, 3.05) is 13.1 Å². The molecule has 0 spiro atoms. The van der Waals surface area contributed by atoms with Crippen molar-refractivity contribution in [1.29, 1.82) is 0 Å². The first-order chi connectivity index (χ1) is 11.8. The van der Waals surface area contributed by atoms with E-state index < -0.39 is 0 Å². The Labute approximate surface area is 144 Å². The summed E-state index contributed by atoms with van der Waals surface area (Å²) in [5.74, 6) is 0.481. The van der Waals surface area contributed by atoms with Gasteiger partial charge in [-0.15, -0.1) is 0 Å². The van der Waals surface area contributed by atoms with E-state index in [1.807, 2.05) is 35.2 Å². The van der Waals surface area contributed by atoms with Crippen molar-refractivity contribution in [3.8, 4) is 11.5 Å². The topological polar surface area (TPSA) is 46.3 Å². The summed E-state index contributed by atoms with van der Waals surface area (Å²) in [7, 11) is 0. The zero-order valence-corrected chi connectivity index (χ0v) is 14.8. The molecule has 130 valence electrons. The summed E-state index contributed by atoms with van der Waals surface area (Å²) in [6.45, 7) is 5.94. The number of benzene rings is 1. The molecular weight excluding hydrogens is 300 g/mol. The molecule has 0 radical (unpaired) electrons. The molecule has 0 saturated carbocycles. The van der Waals surface area contributed by atoms with Gasteiger partial charge in [-0.05, 0) is 25.0 Å². The molecule has 0 bridgehead atoms. The molecule has 24 heavy (non-hydrogen) atoms. The molecule has 0 aliphatic heterocycles. The van der Waals surface area contributed by atoms with Crippen LogP contribution in [-0.4, -0.2) is 28.9 Å². The summed E-state index contributed by atoms with van der Waals surface area (Å²) in [5.41, 5.74) is 1.29. The lowest BCUT2D eigenvalue weighted by Gasteiger charge is -2.21. The van der Waals surface area contributed by atoms with Gasteiger partial charge in [0, 0.05) is 18.7 Å². The molecule has 1 heterocycles. The zero-order valence-electron chi connectivity index (χ0n) is 14.8. The van der Waals surface area contributed by atoms with E-state index in [1.165, 1.54) is 6.26 Å². The number of oxazole rings is 1. The van der Waals surface area contributed by atoms with Crippen molar-refractivity contribution in [3.05, 3.63) is 42.3 Å². The van der Waals surface area contributed by atoms with Gasteiger partial charge in [0.1, 0.15) is 6.26 Å². The first-order valence-corrected chi connectivity index (χ1v) is 9.06. The molecule has 4 heteroatoms. The van der Waals surface area contributed by atoms with Gasteiger partial charge in [-0.1, -0.05) is 57.7 Å². The largest absolute Gasteiger partial charge is 0.444 e. The van der Waals surface area contributed by atoms with Crippen LogP contribution in [0.3, 0.4) is 0 Å². The van der Waals surface area contributed by atoms with Gasteiger partial charge in [0.05, 0.1) is 0 Å². The molecular formula is C20H28N2O2. The molecule has 0 aliphatic carbocycles. The second kappa shape index (κ2) is 9.91. The lowest BCUT2D eigenvalue weighted by molar-refractivity contribution is 0.0743. The SMILES string of the molecule is CCCCCN(CCCCC)C(=O)c1coc(-c2ccccc2)n1. The van der Waals surface area contributed by atoms with E-state index in [4.69, 9.17) is 4.42 Å². The van der Waals surface area contributed by atoms with Gasteiger partial charge in [-0.2, -0.15) is 0 Å². The smallest absolute Gasteiger partial charge is 0.275 e. The van der Waals surface area contributed by atoms with Crippen LogP contribution in [0.15, 0.2) is 41.0 Å². The highest BCUT2D eigenvalue weighted by Gasteiger charge is 2.19. The van der Waals surface area contributed by atoms with E-state index in [9.17, 15) is 4.79 Å². The Bertz CT molecular complexity index is 597. The van der Waals surface area contributed by atoms with Crippen LogP contribution in [0.1, 0.15) is 62.9 Å². The Hall–Kier alpha value is -2.10. The number of unbranched alkanes of at least 4 members (excludes halogenated alkanes) is 4. The molecule has 0 unspecified atom stereocenters. The van der Waals surface area contributed by atoms with Crippen molar-refractivity contribution in [2.45, 2.75) is 52.4 Å². The standard InChI is InChI=1S/C20H28N2O2/c1-3-5-10-14-22(15-11-6-4-2)20(23)18-16-24-19(21-18)17-12-8-7-9-13-17/h7-9,12-13,16H,3-6,10-11,14-15H2,1-2H3. The van der Waals surface area contributed by atoms with Gasteiger partial charge in [-0.3, -0.25) is 4.79 Å². The number of aromatic nitrogens is 1. The lowest BCUT2D eigenvalue weighted by atomic mass is 10.2. The quantitative estimate of drug-likeness (QED) is 0.566. The van der Waals surface area contributed by atoms with Crippen LogP contribution in [-0.2, 0) is 0 Å². The van der Waals surface area contributed by atoms with E-state index in [-0.39, 0.29) is 5.91 Å². The Morgan fingerprint density at radius 2 is 1.62 bits per heavy atom. The normalized spacial score (nSPS) is 10.8. The Morgan fingerprint density at radius 3 is 2.21 bits per heavy atom. The van der Waals surface area contributed by atoms with Crippen molar-refractivity contribution in [1.82, 2.24) is 9.88 Å². The third-order valence-corrected chi connectivity index (χ3v) is 4.09. The number of hydrogen-bond donors (Lipinski definition) is 0. The molecule has 0 N–H and O–H groups in total. The molecule has 2 aromatic rings.